The van der Waals surface area contributed by atoms with Crippen molar-refractivity contribution in [1.82, 2.24) is 14.9 Å². The summed E-state index contributed by atoms with van der Waals surface area (Å²) in [5.41, 5.74) is 4.74. The zero-order chi connectivity index (χ0) is 19.0. The van der Waals surface area contributed by atoms with Crippen LogP contribution in [0, 0.1) is 5.82 Å². The molecule has 1 fully saturated rings. The Morgan fingerprint density at radius 3 is 2.57 bits per heavy atom. The summed E-state index contributed by atoms with van der Waals surface area (Å²) >= 11 is 0. The average Bonchev–Trinajstić information content (AvgIpc) is 3.26. The van der Waals surface area contributed by atoms with Gasteiger partial charge in [0.15, 0.2) is 0 Å². The van der Waals surface area contributed by atoms with Gasteiger partial charge in [-0.1, -0.05) is 18.2 Å². The highest BCUT2D eigenvalue weighted by Crippen LogP contribution is 2.45. The summed E-state index contributed by atoms with van der Waals surface area (Å²) in [7, 11) is 0. The summed E-state index contributed by atoms with van der Waals surface area (Å²) in [5, 5.41) is 0. The lowest BCUT2D eigenvalue weighted by Crippen LogP contribution is -2.36. The molecule has 5 rings (SSSR count). The van der Waals surface area contributed by atoms with E-state index in [4.69, 9.17) is 4.98 Å². The lowest BCUT2D eigenvalue weighted by molar-refractivity contribution is 0.305. The Bertz CT molecular complexity index is 960. The normalized spacial score (nSPS) is 21.4. The summed E-state index contributed by atoms with van der Waals surface area (Å²) in [6.07, 6.45) is 4.86. The first-order valence-electron chi connectivity index (χ1n) is 9.79. The lowest BCUT2D eigenvalue weighted by Gasteiger charge is -2.26. The van der Waals surface area contributed by atoms with Gasteiger partial charge >= 0.3 is 0 Å². The maximum absolute atomic E-state index is 13.2. The van der Waals surface area contributed by atoms with E-state index < -0.39 is 0 Å². The molecule has 4 nitrogen and oxygen atoms in total. The first-order chi connectivity index (χ1) is 13.7. The quantitative estimate of drug-likeness (QED) is 0.696. The van der Waals surface area contributed by atoms with Crippen molar-refractivity contribution in [2.45, 2.75) is 24.9 Å². The predicted molar refractivity (Wildman–Crippen MR) is 107 cm³/mol. The Morgan fingerprint density at radius 2 is 1.75 bits per heavy atom. The number of hydrogen-bond donors (Lipinski definition) is 0. The number of nitrogens with zero attached hydrogens (tertiary/aromatic N) is 4. The molecule has 1 atom stereocenters. The van der Waals surface area contributed by atoms with E-state index in [1.165, 1.54) is 11.4 Å². The van der Waals surface area contributed by atoms with Gasteiger partial charge in [0.05, 0.1) is 23.6 Å². The number of rotatable bonds is 4. The Morgan fingerprint density at radius 1 is 0.893 bits per heavy atom. The molecule has 0 unspecified atom stereocenters. The first kappa shape index (κ1) is 17.3. The number of pyridine rings is 2. The van der Waals surface area contributed by atoms with Crippen molar-refractivity contribution >= 4 is 5.69 Å². The molecule has 0 amide bonds. The Labute approximate surface area is 164 Å². The molecule has 2 aromatic heterocycles. The van der Waals surface area contributed by atoms with Crippen LogP contribution in [0.1, 0.15) is 23.4 Å². The highest BCUT2D eigenvalue weighted by atomic mass is 19.1. The molecule has 2 aliphatic rings. The molecule has 1 saturated heterocycles. The molecule has 1 spiro atoms. The minimum Gasteiger partial charge on any atom is -0.363 e. The third kappa shape index (κ3) is 3.16. The average molecular weight is 374 g/mol. The van der Waals surface area contributed by atoms with Gasteiger partial charge in [-0.3, -0.25) is 14.9 Å². The molecular weight excluding hydrogens is 351 g/mol. The fraction of sp³-hybridized carbons (Fsp3) is 0.304. The molecule has 28 heavy (non-hydrogen) atoms. The van der Waals surface area contributed by atoms with Crippen molar-refractivity contribution in [2.75, 3.05) is 24.5 Å². The zero-order valence-corrected chi connectivity index (χ0v) is 15.8. The van der Waals surface area contributed by atoms with Crippen LogP contribution in [0.2, 0.25) is 0 Å². The highest BCUT2D eigenvalue weighted by Gasteiger charge is 2.48. The van der Waals surface area contributed by atoms with E-state index in [1.54, 1.807) is 12.1 Å². The van der Waals surface area contributed by atoms with E-state index in [1.807, 2.05) is 42.7 Å². The van der Waals surface area contributed by atoms with Crippen LogP contribution in [0.4, 0.5) is 10.1 Å². The van der Waals surface area contributed by atoms with Gasteiger partial charge in [0.25, 0.3) is 0 Å². The minimum atomic E-state index is -0.180. The third-order valence-corrected chi connectivity index (χ3v) is 5.95. The SMILES string of the molecule is Fc1ccc(CN2CC[C@]3(C2)CN(Cc2ccccn2)c2cccnc23)cc1. The van der Waals surface area contributed by atoms with Gasteiger partial charge in [0.1, 0.15) is 5.82 Å². The van der Waals surface area contributed by atoms with Crippen LogP contribution in [0.3, 0.4) is 0 Å². The van der Waals surface area contributed by atoms with Gasteiger partial charge < -0.3 is 4.90 Å². The van der Waals surface area contributed by atoms with Gasteiger partial charge in [0, 0.05) is 37.4 Å². The second-order valence-electron chi connectivity index (χ2n) is 7.92. The van der Waals surface area contributed by atoms with Crippen LogP contribution in [-0.4, -0.2) is 34.5 Å². The Hall–Kier alpha value is -2.79. The summed E-state index contributed by atoms with van der Waals surface area (Å²) in [5.74, 6) is -0.180. The van der Waals surface area contributed by atoms with Crippen molar-refractivity contribution in [1.29, 1.82) is 0 Å². The smallest absolute Gasteiger partial charge is 0.123 e. The lowest BCUT2D eigenvalue weighted by atomic mass is 9.85. The monoisotopic (exact) mass is 374 g/mol. The molecule has 2 aliphatic heterocycles. The number of halogens is 1. The van der Waals surface area contributed by atoms with Crippen LogP contribution >= 0.6 is 0 Å². The van der Waals surface area contributed by atoms with Crippen molar-refractivity contribution in [2.24, 2.45) is 0 Å². The Balaban J connectivity index is 1.37. The van der Waals surface area contributed by atoms with Gasteiger partial charge in [-0.2, -0.15) is 0 Å². The van der Waals surface area contributed by atoms with E-state index in [-0.39, 0.29) is 11.2 Å². The molecule has 1 aromatic carbocycles. The first-order valence-corrected chi connectivity index (χ1v) is 9.79. The summed E-state index contributed by atoms with van der Waals surface area (Å²) in [4.78, 5) is 14.2. The number of benzene rings is 1. The van der Waals surface area contributed by atoms with Crippen LogP contribution in [0.5, 0.6) is 0 Å². The van der Waals surface area contributed by atoms with Crippen LogP contribution in [-0.2, 0) is 18.5 Å². The van der Waals surface area contributed by atoms with Crippen molar-refractivity contribution in [3.8, 4) is 0 Å². The molecule has 5 heteroatoms. The molecule has 0 bridgehead atoms. The van der Waals surface area contributed by atoms with Gasteiger partial charge in [-0.05, 0) is 54.9 Å². The number of likely N-dealkylation sites (tertiary alicyclic amines) is 1. The van der Waals surface area contributed by atoms with Gasteiger partial charge in [-0.15, -0.1) is 0 Å². The molecular formula is C23H23FN4. The van der Waals surface area contributed by atoms with E-state index >= 15 is 0 Å². The van der Waals surface area contributed by atoms with E-state index in [0.29, 0.717) is 0 Å². The molecule has 4 heterocycles. The maximum Gasteiger partial charge on any atom is 0.123 e. The second kappa shape index (κ2) is 6.99. The number of anilines is 1. The second-order valence-corrected chi connectivity index (χ2v) is 7.92. The fourth-order valence-electron chi connectivity index (χ4n) is 4.68. The van der Waals surface area contributed by atoms with Crippen molar-refractivity contribution in [3.05, 3.63) is 89.8 Å². The van der Waals surface area contributed by atoms with Crippen LogP contribution in [0.25, 0.3) is 0 Å². The minimum absolute atomic E-state index is 0.0609. The number of fused-ring (bicyclic) bond motifs is 2. The molecule has 0 N–H and O–H groups in total. The fourth-order valence-corrected chi connectivity index (χ4v) is 4.68. The predicted octanol–water partition coefficient (Wildman–Crippen LogP) is 3.78. The summed E-state index contributed by atoms with van der Waals surface area (Å²) < 4.78 is 13.2. The Kier molecular flexibility index (Phi) is 4.32. The molecule has 142 valence electrons. The van der Waals surface area contributed by atoms with E-state index in [0.717, 1.165) is 50.4 Å². The van der Waals surface area contributed by atoms with E-state index in [9.17, 15) is 4.39 Å². The summed E-state index contributed by atoms with van der Waals surface area (Å²) in [6, 6.07) is 17.1. The highest BCUT2D eigenvalue weighted by molar-refractivity contribution is 5.60. The van der Waals surface area contributed by atoms with Crippen LogP contribution in [0.15, 0.2) is 67.0 Å². The van der Waals surface area contributed by atoms with Gasteiger partial charge in [0.2, 0.25) is 0 Å². The molecule has 0 radical (unpaired) electrons. The third-order valence-electron chi connectivity index (χ3n) is 5.95. The van der Waals surface area contributed by atoms with Crippen LogP contribution < -0.4 is 4.90 Å². The van der Waals surface area contributed by atoms with E-state index in [2.05, 4.69) is 26.9 Å². The molecule has 3 aromatic rings. The number of hydrogen-bond acceptors (Lipinski definition) is 4. The summed E-state index contributed by atoms with van der Waals surface area (Å²) in [6.45, 7) is 4.64. The molecule has 0 saturated carbocycles. The zero-order valence-electron chi connectivity index (χ0n) is 15.8. The van der Waals surface area contributed by atoms with Crippen molar-refractivity contribution < 1.29 is 4.39 Å². The molecule has 0 aliphatic carbocycles. The topological polar surface area (TPSA) is 32.3 Å². The maximum atomic E-state index is 13.2. The van der Waals surface area contributed by atoms with Crippen molar-refractivity contribution in [3.63, 3.8) is 0 Å². The number of aromatic nitrogens is 2. The standard InChI is InChI=1S/C23H23FN4/c24-19-8-6-18(7-9-19)14-27-13-10-23(16-27)17-28(15-20-4-1-2-11-25-20)21-5-3-12-26-22(21)23/h1-9,11-12H,10,13-17H2/t23-/m0/s1. The largest absolute Gasteiger partial charge is 0.363 e. The van der Waals surface area contributed by atoms with Gasteiger partial charge in [-0.25, -0.2) is 4.39 Å².